The highest BCUT2D eigenvalue weighted by molar-refractivity contribution is 7.14. The third-order valence-electron chi connectivity index (χ3n) is 4.01. The molecule has 29 heavy (non-hydrogen) atoms. The van der Waals surface area contributed by atoms with Crippen molar-refractivity contribution in [2.75, 3.05) is 11.9 Å². The molecule has 0 aliphatic heterocycles. The van der Waals surface area contributed by atoms with Crippen LogP contribution in [0.25, 0.3) is 11.3 Å². The van der Waals surface area contributed by atoms with Gasteiger partial charge in [-0.25, -0.2) is 9.78 Å². The van der Waals surface area contributed by atoms with Gasteiger partial charge in [0.25, 0.3) is 11.8 Å². The summed E-state index contributed by atoms with van der Waals surface area (Å²) in [5, 5.41) is 8.56. The molecule has 0 aliphatic rings. The van der Waals surface area contributed by atoms with E-state index in [9.17, 15) is 9.59 Å². The molecule has 2 aromatic heterocycles. The molecule has 3 rings (SSSR count). The van der Waals surface area contributed by atoms with Gasteiger partial charge in [-0.05, 0) is 31.0 Å². The molecule has 0 aliphatic carbocycles. The Morgan fingerprint density at radius 2 is 2.03 bits per heavy atom. The van der Waals surface area contributed by atoms with Gasteiger partial charge >= 0.3 is 5.97 Å². The maximum atomic E-state index is 12.3. The summed E-state index contributed by atoms with van der Waals surface area (Å²) in [4.78, 5) is 28.5. The van der Waals surface area contributed by atoms with E-state index in [1.807, 2.05) is 17.5 Å². The minimum atomic E-state index is -0.999. The first-order chi connectivity index (χ1) is 13.9. The van der Waals surface area contributed by atoms with E-state index in [1.165, 1.54) is 23.8 Å². The van der Waals surface area contributed by atoms with Gasteiger partial charge in [0.1, 0.15) is 5.76 Å². The fraction of sp³-hybridized carbons (Fsp3) is 0.300. The average Bonchev–Trinajstić information content (AvgIpc) is 3.35. The van der Waals surface area contributed by atoms with Gasteiger partial charge in [-0.15, -0.1) is 11.3 Å². The Morgan fingerprint density at radius 1 is 1.28 bits per heavy atom. The summed E-state index contributed by atoms with van der Waals surface area (Å²) in [6, 6.07) is 9.65. The summed E-state index contributed by atoms with van der Waals surface area (Å²) in [5.41, 5.74) is 2.99. The number of ether oxygens (including phenoxy) is 2. The van der Waals surface area contributed by atoms with Gasteiger partial charge in [-0.1, -0.05) is 31.2 Å². The first kappa shape index (κ1) is 20.5. The molecule has 0 fully saturated rings. The van der Waals surface area contributed by atoms with E-state index >= 15 is 0 Å². The van der Waals surface area contributed by atoms with Crippen molar-refractivity contribution in [3.05, 3.63) is 47.0 Å². The second kappa shape index (κ2) is 9.33. The van der Waals surface area contributed by atoms with Crippen LogP contribution in [0.5, 0.6) is 5.88 Å². The van der Waals surface area contributed by atoms with Gasteiger partial charge in [0.15, 0.2) is 17.8 Å². The minimum absolute atomic E-state index is 0.179. The number of carbonyl (C=O) groups excluding carboxylic acids is 2. The van der Waals surface area contributed by atoms with E-state index in [4.69, 9.17) is 14.0 Å². The number of hydrogen-bond acceptors (Lipinski definition) is 8. The number of benzene rings is 1. The number of hydrogen-bond donors (Lipinski definition) is 1. The maximum Gasteiger partial charge on any atom is 0.345 e. The van der Waals surface area contributed by atoms with Gasteiger partial charge in [-0.3, -0.25) is 10.1 Å². The number of esters is 1. The van der Waals surface area contributed by atoms with Gasteiger partial charge < -0.3 is 14.0 Å². The Morgan fingerprint density at radius 3 is 2.69 bits per heavy atom. The lowest BCUT2D eigenvalue weighted by molar-refractivity contribution is -0.155. The van der Waals surface area contributed by atoms with Crippen LogP contribution < -0.4 is 10.1 Å². The first-order valence-corrected chi connectivity index (χ1v) is 9.94. The predicted octanol–water partition coefficient (Wildman–Crippen LogP) is 3.62. The number of carbonyl (C=O) groups is 2. The quantitative estimate of drug-likeness (QED) is 0.560. The van der Waals surface area contributed by atoms with Crippen molar-refractivity contribution in [2.45, 2.75) is 33.3 Å². The van der Waals surface area contributed by atoms with E-state index < -0.39 is 18.0 Å². The summed E-state index contributed by atoms with van der Waals surface area (Å²) in [5.74, 6) is -0.425. The van der Waals surface area contributed by atoms with E-state index in [0.29, 0.717) is 10.9 Å². The fourth-order valence-electron chi connectivity index (χ4n) is 2.41. The zero-order chi connectivity index (χ0) is 20.8. The summed E-state index contributed by atoms with van der Waals surface area (Å²) >= 11 is 1.30. The topological polar surface area (TPSA) is 104 Å². The van der Waals surface area contributed by atoms with Gasteiger partial charge in [-0.2, -0.15) is 0 Å². The molecular formula is C20H21N3O5S. The third-order valence-corrected chi connectivity index (χ3v) is 4.77. The Kier molecular flexibility index (Phi) is 6.61. The largest absolute Gasteiger partial charge is 0.463 e. The highest BCUT2D eigenvalue weighted by atomic mass is 32.1. The molecule has 1 aromatic carbocycles. The number of rotatable bonds is 8. The van der Waals surface area contributed by atoms with Crippen molar-refractivity contribution >= 4 is 28.3 Å². The fourth-order valence-corrected chi connectivity index (χ4v) is 3.13. The molecule has 0 bridgehead atoms. The highest BCUT2D eigenvalue weighted by Crippen LogP contribution is 2.25. The van der Waals surface area contributed by atoms with Crippen LogP contribution in [0.1, 0.15) is 25.2 Å². The molecule has 2 heterocycles. The molecule has 0 spiro atoms. The Labute approximate surface area is 171 Å². The van der Waals surface area contributed by atoms with Crippen LogP contribution >= 0.6 is 11.3 Å². The van der Waals surface area contributed by atoms with E-state index in [2.05, 4.69) is 34.5 Å². The van der Waals surface area contributed by atoms with E-state index in [1.54, 1.807) is 13.0 Å². The van der Waals surface area contributed by atoms with Crippen LogP contribution in [-0.4, -0.2) is 34.7 Å². The van der Waals surface area contributed by atoms with Crippen molar-refractivity contribution in [1.82, 2.24) is 10.1 Å². The number of aryl methyl sites for hydroxylation is 2. The van der Waals surface area contributed by atoms with Crippen LogP contribution in [-0.2, 0) is 20.7 Å². The van der Waals surface area contributed by atoms with E-state index in [-0.39, 0.29) is 12.5 Å². The first-order valence-electron chi connectivity index (χ1n) is 9.06. The summed E-state index contributed by atoms with van der Waals surface area (Å²) in [7, 11) is 0. The molecule has 0 saturated carbocycles. The molecular weight excluding hydrogens is 394 g/mol. The molecule has 1 N–H and O–H groups in total. The third kappa shape index (κ3) is 5.64. The Bertz CT molecular complexity index is 980. The summed E-state index contributed by atoms with van der Waals surface area (Å²) in [6.45, 7) is 4.90. The van der Waals surface area contributed by atoms with Crippen molar-refractivity contribution < 1.29 is 23.6 Å². The second-order valence-corrected chi connectivity index (χ2v) is 7.13. The van der Waals surface area contributed by atoms with Crippen molar-refractivity contribution in [2.24, 2.45) is 0 Å². The van der Waals surface area contributed by atoms with Crippen LogP contribution in [0.2, 0.25) is 0 Å². The lowest BCUT2D eigenvalue weighted by Gasteiger charge is -2.12. The van der Waals surface area contributed by atoms with Gasteiger partial charge in [0, 0.05) is 17.0 Å². The normalized spacial score (nSPS) is 11.7. The zero-order valence-electron chi connectivity index (χ0n) is 16.3. The summed E-state index contributed by atoms with van der Waals surface area (Å²) < 4.78 is 15.0. The number of nitrogens with zero attached hydrogens (tertiary/aromatic N) is 2. The molecule has 8 nitrogen and oxygen atoms in total. The lowest BCUT2D eigenvalue weighted by atomic mass is 10.1. The maximum absolute atomic E-state index is 12.3. The highest BCUT2D eigenvalue weighted by Gasteiger charge is 2.20. The number of nitrogens with one attached hydrogen (secondary N) is 1. The van der Waals surface area contributed by atoms with Crippen molar-refractivity contribution in [3.8, 4) is 17.1 Å². The molecule has 1 atom stereocenters. The number of aromatic nitrogens is 2. The molecule has 0 radical (unpaired) electrons. The van der Waals surface area contributed by atoms with Gasteiger partial charge in [0.2, 0.25) is 0 Å². The average molecular weight is 415 g/mol. The SMILES string of the molecule is CCc1ccc(-c2csc(NC(=O)[C@H](C)OC(=O)COc3cc(C)on3)n2)cc1. The molecule has 3 aromatic rings. The van der Waals surface area contributed by atoms with Crippen LogP contribution in [0, 0.1) is 6.92 Å². The monoisotopic (exact) mass is 415 g/mol. The molecule has 0 unspecified atom stereocenters. The van der Waals surface area contributed by atoms with Gasteiger partial charge in [0.05, 0.1) is 5.69 Å². The minimum Gasteiger partial charge on any atom is -0.463 e. The molecule has 1 amide bonds. The predicted molar refractivity (Wildman–Crippen MR) is 108 cm³/mol. The van der Waals surface area contributed by atoms with Crippen LogP contribution in [0.4, 0.5) is 5.13 Å². The molecule has 152 valence electrons. The second-order valence-electron chi connectivity index (χ2n) is 6.27. The van der Waals surface area contributed by atoms with E-state index in [0.717, 1.165) is 17.7 Å². The Balaban J connectivity index is 1.50. The Hall–Kier alpha value is -3.20. The molecule has 0 saturated heterocycles. The van der Waals surface area contributed by atoms with Crippen LogP contribution in [0.15, 0.2) is 40.2 Å². The number of amides is 1. The smallest absolute Gasteiger partial charge is 0.345 e. The number of anilines is 1. The number of thiazole rings is 1. The lowest BCUT2D eigenvalue weighted by Crippen LogP contribution is -2.31. The van der Waals surface area contributed by atoms with Crippen LogP contribution in [0.3, 0.4) is 0 Å². The molecule has 9 heteroatoms. The summed E-state index contributed by atoms with van der Waals surface area (Å²) in [6.07, 6.45) is -0.0280. The zero-order valence-corrected chi connectivity index (χ0v) is 17.1. The standard InChI is InChI=1S/C20H21N3O5S/c1-4-14-5-7-15(8-6-14)16-11-29-20(21-16)22-19(25)13(3)27-18(24)10-26-17-9-12(2)28-23-17/h5-9,11,13H,4,10H2,1-3H3,(H,21,22,25)/t13-/m0/s1. The van der Waals surface area contributed by atoms with Crippen molar-refractivity contribution in [3.63, 3.8) is 0 Å². The van der Waals surface area contributed by atoms with Crippen molar-refractivity contribution in [1.29, 1.82) is 0 Å².